The molecule has 1 atom stereocenters. The molecule has 0 bridgehead atoms. The summed E-state index contributed by atoms with van der Waals surface area (Å²) in [6.45, 7) is 9.53. The zero-order valence-electron chi connectivity index (χ0n) is 11.8. The van der Waals surface area contributed by atoms with Crippen molar-refractivity contribution in [1.29, 1.82) is 0 Å². The minimum atomic E-state index is -0.129. The molecule has 1 N–H and O–H groups in total. The number of benzene rings is 1. The topological polar surface area (TPSA) is 15.3 Å². The number of hydrogen-bond acceptors (Lipinski definition) is 2. The van der Waals surface area contributed by atoms with Gasteiger partial charge < -0.3 is 10.2 Å². The Morgan fingerprint density at radius 3 is 2.84 bits per heavy atom. The van der Waals surface area contributed by atoms with E-state index in [4.69, 9.17) is 0 Å². The average Bonchev–Trinajstić information content (AvgIpc) is 3.21. The fraction of sp³-hybridized carbons (Fsp3) is 0.500. The Hall–Kier alpha value is -1.35. The standard InChI is InChI=1S/C16H23FN2/c1-4-11-19(13-9-10-13)16-14(12(3)18-5-2)7-6-8-15(16)17/h4,6-8,12-13,18H,1,5,9-11H2,2-3H3. The summed E-state index contributed by atoms with van der Waals surface area (Å²) in [4.78, 5) is 2.16. The lowest BCUT2D eigenvalue weighted by atomic mass is 10.0. The van der Waals surface area contributed by atoms with Crippen molar-refractivity contribution >= 4 is 5.69 Å². The highest BCUT2D eigenvalue weighted by Gasteiger charge is 2.31. The summed E-state index contributed by atoms with van der Waals surface area (Å²) < 4.78 is 14.3. The highest BCUT2D eigenvalue weighted by atomic mass is 19.1. The van der Waals surface area contributed by atoms with E-state index in [2.05, 4.69) is 30.6 Å². The predicted molar refractivity (Wildman–Crippen MR) is 79.1 cm³/mol. The molecule has 0 amide bonds. The number of anilines is 1. The normalized spacial score (nSPS) is 16.2. The Balaban J connectivity index is 2.37. The lowest BCUT2D eigenvalue weighted by molar-refractivity contribution is 0.577. The van der Waals surface area contributed by atoms with E-state index < -0.39 is 0 Å². The number of hydrogen-bond donors (Lipinski definition) is 1. The summed E-state index contributed by atoms with van der Waals surface area (Å²) in [5.41, 5.74) is 1.79. The molecular formula is C16H23FN2. The first-order valence-electron chi connectivity index (χ1n) is 7.08. The molecule has 19 heavy (non-hydrogen) atoms. The van der Waals surface area contributed by atoms with Crippen LogP contribution in [0.3, 0.4) is 0 Å². The largest absolute Gasteiger partial charge is 0.362 e. The first-order valence-corrected chi connectivity index (χ1v) is 7.08. The summed E-state index contributed by atoms with van der Waals surface area (Å²) in [6, 6.07) is 5.99. The molecule has 0 radical (unpaired) electrons. The Labute approximate surface area is 115 Å². The Morgan fingerprint density at radius 1 is 1.53 bits per heavy atom. The number of nitrogens with one attached hydrogen (secondary N) is 1. The van der Waals surface area contributed by atoms with Gasteiger partial charge in [-0.2, -0.15) is 0 Å². The quantitative estimate of drug-likeness (QED) is 0.755. The maximum atomic E-state index is 14.3. The van der Waals surface area contributed by atoms with Crippen molar-refractivity contribution < 1.29 is 4.39 Å². The number of nitrogens with zero attached hydrogens (tertiary/aromatic N) is 1. The maximum absolute atomic E-state index is 14.3. The van der Waals surface area contributed by atoms with Crippen molar-refractivity contribution in [2.45, 2.75) is 38.8 Å². The lowest BCUT2D eigenvalue weighted by Gasteiger charge is -2.28. The van der Waals surface area contributed by atoms with Crippen LogP contribution in [0.15, 0.2) is 30.9 Å². The van der Waals surface area contributed by atoms with Crippen LogP contribution in [-0.2, 0) is 0 Å². The van der Waals surface area contributed by atoms with Gasteiger partial charge in [-0.05, 0) is 37.9 Å². The zero-order valence-corrected chi connectivity index (χ0v) is 11.8. The summed E-state index contributed by atoms with van der Waals surface area (Å²) in [5.74, 6) is -0.129. The third kappa shape index (κ3) is 3.16. The molecule has 0 spiro atoms. The predicted octanol–water partition coefficient (Wildman–Crippen LogP) is 3.65. The van der Waals surface area contributed by atoms with Crippen LogP contribution in [-0.4, -0.2) is 19.1 Å². The second-order valence-electron chi connectivity index (χ2n) is 5.13. The molecule has 1 aliphatic rings. The van der Waals surface area contributed by atoms with Crippen LogP contribution in [0.4, 0.5) is 10.1 Å². The molecule has 1 aromatic carbocycles. The Morgan fingerprint density at radius 2 is 2.26 bits per heavy atom. The second-order valence-corrected chi connectivity index (χ2v) is 5.13. The molecule has 1 aliphatic carbocycles. The monoisotopic (exact) mass is 262 g/mol. The SMILES string of the molecule is C=CCN(c1c(F)cccc1C(C)NCC)C1CC1. The minimum Gasteiger partial charge on any atom is -0.362 e. The van der Waals surface area contributed by atoms with Gasteiger partial charge in [-0.1, -0.05) is 25.1 Å². The van der Waals surface area contributed by atoms with E-state index in [1.54, 1.807) is 12.1 Å². The Bertz CT molecular complexity index is 440. The van der Waals surface area contributed by atoms with Gasteiger partial charge in [0.05, 0.1) is 5.69 Å². The van der Waals surface area contributed by atoms with Gasteiger partial charge >= 0.3 is 0 Å². The second kappa shape index (κ2) is 6.20. The summed E-state index contributed by atoms with van der Waals surface area (Å²) >= 11 is 0. The van der Waals surface area contributed by atoms with E-state index >= 15 is 0 Å². The number of rotatable bonds is 7. The molecule has 3 heteroatoms. The van der Waals surface area contributed by atoms with Crippen LogP contribution in [0.2, 0.25) is 0 Å². The zero-order chi connectivity index (χ0) is 13.8. The van der Waals surface area contributed by atoms with Crippen LogP contribution in [0.1, 0.15) is 38.3 Å². The fourth-order valence-corrected chi connectivity index (χ4v) is 2.55. The van der Waals surface area contributed by atoms with Crippen LogP contribution in [0.5, 0.6) is 0 Å². The number of halogens is 1. The third-order valence-corrected chi connectivity index (χ3v) is 3.60. The van der Waals surface area contributed by atoms with E-state index in [0.717, 1.165) is 30.6 Å². The lowest BCUT2D eigenvalue weighted by Crippen LogP contribution is -2.29. The Kier molecular flexibility index (Phi) is 4.59. The van der Waals surface area contributed by atoms with Gasteiger partial charge in [-0.3, -0.25) is 0 Å². The van der Waals surface area contributed by atoms with Gasteiger partial charge in [0.15, 0.2) is 0 Å². The minimum absolute atomic E-state index is 0.129. The first kappa shape index (κ1) is 14.1. The van der Waals surface area contributed by atoms with Crippen molar-refractivity contribution in [3.63, 3.8) is 0 Å². The van der Waals surface area contributed by atoms with Gasteiger partial charge in [0.25, 0.3) is 0 Å². The third-order valence-electron chi connectivity index (χ3n) is 3.60. The maximum Gasteiger partial charge on any atom is 0.146 e. The van der Waals surface area contributed by atoms with Gasteiger partial charge in [-0.25, -0.2) is 4.39 Å². The molecule has 1 fully saturated rings. The van der Waals surface area contributed by atoms with Crippen LogP contribution in [0, 0.1) is 5.82 Å². The molecule has 0 heterocycles. The van der Waals surface area contributed by atoms with Crippen molar-refractivity contribution in [2.24, 2.45) is 0 Å². The van der Waals surface area contributed by atoms with Crippen LogP contribution in [0.25, 0.3) is 0 Å². The van der Waals surface area contributed by atoms with Gasteiger partial charge in [0.2, 0.25) is 0 Å². The fourth-order valence-electron chi connectivity index (χ4n) is 2.55. The van der Waals surface area contributed by atoms with Gasteiger partial charge in [0.1, 0.15) is 5.82 Å². The summed E-state index contributed by atoms with van der Waals surface area (Å²) in [6.07, 6.45) is 4.15. The molecule has 0 aliphatic heterocycles. The van der Waals surface area contributed by atoms with Gasteiger partial charge in [-0.15, -0.1) is 6.58 Å². The summed E-state index contributed by atoms with van der Waals surface area (Å²) in [7, 11) is 0. The molecule has 1 unspecified atom stereocenters. The molecule has 2 nitrogen and oxygen atoms in total. The molecular weight excluding hydrogens is 239 g/mol. The molecule has 2 rings (SSSR count). The van der Waals surface area contributed by atoms with E-state index in [1.807, 2.05) is 12.1 Å². The van der Waals surface area contributed by atoms with Crippen LogP contribution >= 0.6 is 0 Å². The van der Waals surface area contributed by atoms with Crippen LogP contribution < -0.4 is 10.2 Å². The average molecular weight is 262 g/mol. The summed E-state index contributed by atoms with van der Waals surface area (Å²) in [5, 5.41) is 3.37. The molecule has 104 valence electrons. The molecule has 1 saturated carbocycles. The molecule has 1 aromatic rings. The highest BCUT2D eigenvalue weighted by molar-refractivity contribution is 5.58. The van der Waals surface area contributed by atoms with E-state index in [1.165, 1.54) is 0 Å². The number of para-hydroxylation sites is 1. The molecule has 0 saturated heterocycles. The highest BCUT2D eigenvalue weighted by Crippen LogP contribution is 2.37. The van der Waals surface area contributed by atoms with Crippen molar-refractivity contribution in [2.75, 3.05) is 18.0 Å². The van der Waals surface area contributed by atoms with Crippen molar-refractivity contribution in [3.05, 3.63) is 42.2 Å². The van der Waals surface area contributed by atoms with Gasteiger partial charge in [0, 0.05) is 18.6 Å². The van der Waals surface area contributed by atoms with Crippen molar-refractivity contribution in [3.8, 4) is 0 Å². The van der Waals surface area contributed by atoms with E-state index in [0.29, 0.717) is 12.6 Å². The van der Waals surface area contributed by atoms with Crippen molar-refractivity contribution in [1.82, 2.24) is 5.32 Å². The first-order chi connectivity index (χ1) is 9.19. The van der Waals surface area contributed by atoms with E-state index in [-0.39, 0.29) is 11.9 Å². The molecule has 0 aromatic heterocycles. The smallest absolute Gasteiger partial charge is 0.146 e. The van der Waals surface area contributed by atoms with E-state index in [9.17, 15) is 4.39 Å².